The van der Waals surface area contributed by atoms with Crippen molar-refractivity contribution in [3.05, 3.63) is 28.7 Å². The Hall–Kier alpha value is -2.17. The molecule has 30 heavy (non-hydrogen) atoms. The quantitative estimate of drug-likeness (QED) is 0.669. The van der Waals surface area contributed by atoms with Crippen LogP contribution in [0.3, 0.4) is 0 Å². The van der Waals surface area contributed by atoms with Gasteiger partial charge in [-0.1, -0.05) is 0 Å². The second kappa shape index (κ2) is 8.16. The van der Waals surface area contributed by atoms with E-state index in [0.717, 1.165) is 0 Å². The van der Waals surface area contributed by atoms with Crippen molar-refractivity contribution in [1.82, 2.24) is 13.8 Å². The van der Waals surface area contributed by atoms with Crippen LogP contribution in [0.25, 0.3) is 11.1 Å². The average molecular weight is 438 g/mol. The second-order valence-electron chi connectivity index (χ2n) is 8.23. The summed E-state index contributed by atoms with van der Waals surface area (Å²) < 4.78 is 39.2. The Balaban J connectivity index is 1.40. The van der Waals surface area contributed by atoms with Crippen LogP contribution in [-0.4, -0.2) is 68.0 Å². The van der Waals surface area contributed by atoms with E-state index in [9.17, 15) is 18.0 Å². The Morgan fingerprint density at radius 1 is 1.17 bits per heavy atom. The highest BCUT2D eigenvalue weighted by molar-refractivity contribution is 7.89. The van der Waals surface area contributed by atoms with Crippen molar-refractivity contribution >= 4 is 27.0 Å². The summed E-state index contributed by atoms with van der Waals surface area (Å²) in [5.74, 6) is 0.168. The van der Waals surface area contributed by atoms with Crippen LogP contribution in [0.2, 0.25) is 0 Å². The fraction of sp³-hybridized carbons (Fsp3) is 0.600. The normalized spacial score (nSPS) is 21.7. The molecule has 0 bridgehead atoms. The number of nitrogens with zero attached hydrogens (tertiary/aromatic N) is 3. The molecule has 0 N–H and O–H groups in total. The van der Waals surface area contributed by atoms with Gasteiger partial charge in [0.2, 0.25) is 15.9 Å². The number of sulfonamides is 1. The van der Waals surface area contributed by atoms with Crippen LogP contribution in [0, 0.1) is 11.8 Å². The summed E-state index contributed by atoms with van der Waals surface area (Å²) in [6.45, 7) is 2.80. The van der Waals surface area contributed by atoms with Gasteiger partial charge in [0.05, 0.1) is 17.0 Å². The van der Waals surface area contributed by atoms with Gasteiger partial charge >= 0.3 is 5.76 Å². The lowest BCUT2D eigenvalue weighted by molar-refractivity contribution is -0.128. The lowest BCUT2D eigenvalue weighted by atomic mass is 9.97. The van der Waals surface area contributed by atoms with E-state index in [2.05, 4.69) is 0 Å². The number of piperidine rings is 1. The largest absolute Gasteiger partial charge is 0.419 e. The fourth-order valence-electron chi connectivity index (χ4n) is 4.45. The number of fused-ring (bicyclic) bond motifs is 1. The van der Waals surface area contributed by atoms with Gasteiger partial charge < -0.3 is 14.1 Å². The zero-order valence-electron chi connectivity index (χ0n) is 17.2. The van der Waals surface area contributed by atoms with E-state index in [-0.39, 0.29) is 28.2 Å². The highest BCUT2D eigenvalue weighted by Crippen LogP contribution is 2.28. The van der Waals surface area contributed by atoms with Crippen molar-refractivity contribution in [3.8, 4) is 0 Å². The smallest absolute Gasteiger partial charge is 0.408 e. The molecule has 9 nitrogen and oxygen atoms in total. The average Bonchev–Trinajstić information content (AvgIpc) is 3.21. The molecule has 2 fully saturated rings. The van der Waals surface area contributed by atoms with Gasteiger partial charge in [-0.25, -0.2) is 13.2 Å². The molecule has 1 aromatic heterocycles. The molecule has 1 amide bonds. The minimum absolute atomic E-state index is 0.125. The first kappa shape index (κ1) is 21.1. The zero-order valence-corrected chi connectivity index (χ0v) is 18.1. The number of carbonyl (C=O) groups excluding carboxylic acids is 1. The van der Waals surface area contributed by atoms with E-state index >= 15 is 0 Å². The third kappa shape index (κ3) is 3.91. The van der Waals surface area contributed by atoms with Crippen molar-refractivity contribution in [2.45, 2.75) is 24.2 Å². The number of aryl methyl sites for hydroxylation is 1. The molecule has 0 radical (unpaired) electrons. The molecule has 164 valence electrons. The summed E-state index contributed by atoms with van der Waals surface area (Å²) in [6, 6.07) is 4.52. The first-order valence-corrected chi connectivity index (χ1v) is 11.6. The summed E-state index contributed by atoms with van der Waals surface area (Å²) in [7, 11) is -0.445. The molecule has 4 rings (SSSR count). The molecule has 0 aliphatic carbocycles. The highest BCUT2D eigenvalue weighted by Gasteiger charge is 2.34. The number of likely N-dealkylation sites (tertiary alicyclic amines) is 1. The fourth-order valence-corrected chi connectivity index (χ4v) is 5.93. The number of hydrogen-bond donors (Lipinski definition) is 0. The molecule has 2 aliphatic rings. The third-order valence-corrected chi connectivity index (χ3v) is 8.05. The predicted octanol–water partition coefficient (Wildman–Crippen LogP) is 1.03. The minimum atomic E-state index is -3.67. The van der Waals surface area contributed by atoms with Crippen molar-refractivity contribution in [2.24, 2.45) is 18.9 Å². The number of ether oxygens (including phenoxy) is 1. The van der Waals surface area contributed by atoms with E-state index in [0.29, 0.717) is 57.6 Å². The lowest BCUT2D eigenvalue weighted by Gasteiger charge is -2.33. The first-order chi connectivity index (χ1) is 14.3. The van der Waals surface area contributed by atoms with Crippen molar-refractivity contribution < 1.29 is 22.4 Å². The Bertz CT molecular complexity index is 1100. The minimum Gasteiger partial charge on any atom is -0.408 e. The Morgan fingerprint density at radius 2 is 1.90 bits per heavy atom. The van der Waals surface area contributed by atoms with Crippen LogP contribution in [0.4, 0.5) is 0 Å². The lowest BCUT2D eigenvalue weighted by Crippen LogP contribution is -2.42. The Kier molecular flexibility index (Phi) is 5.73. The van der Waals surface area contributed by atoms with Crippen LogP contribution >= 0.6 is 0 Å². The molecule has 1 atom stereocenters. The summed E-state index contributed by atoms with van der Waals surface area (Å²) >= 11 is 0. The van der Waals surface area contributed by atoms with Crippen LogP contribution in [0.1, 0.15) is 19.3 Å². The number of benzene rings is 1. The topological polar surface area (TPSA) is 102 Å². The molecule has 2 aromatic rings. The Labute approximate surface area is 175 Å². The van der Waals surface area contributed by atoms with Gasteiger partial charge in [0.25, 0.3) is 0 Å². The van der Waals surface area contributed by atoms with E-state index in [1.165, 1.54) is 21.0 Å². The molecule has 1 unspecified atom stereocenters. The van der Waals surface area contributed by atoms with Gasteiger partial charge in [0.15, 0.2) is 5.58 Å². The maximum atomic E-state index is 13.1. The van der Waals surface area contributed by atoms with E-state index in [4.69, 9.17) is 9.15 Å². The number of carbonyl (C=O) groups is 1. The molecule has 2 aliphatic heterocycles. The molecule has 1 aromatic carbocycles. The number of hydrogen-bond acceptors (Lipinski definition) is 6. The van der Waals surface area contributed by atoms with E-state index in [1.54, 1.807) is 20.2 Å². The SMILES string of the molecule is COCC1CC(=O)N(CC2CCN(S(=O)(=O)c3ccc4c(c3)oc(=O)n4C)CC2)C1. The van der Waals surface area contributed by atoms with Crippen molar-refractivity contribution in [2.75, 3.05) is 39.9 Å². The standard InChI is InChI=1S/C20H27N3O6S/c1-21-17-4-3-16(10-18(17)29-20(21)25)30(26,27)23-7-5-14(6-8-23)11-22-12-15(13-28-2)9-19(22)24/h3-4,10,14-15H,5-9,11-13H2,1-2H3. The summed E-state index contributed by atoms with van der Waals surface area (Å²) in [6.07, 6.45) is 1.94. The molecular weight excluding hydrogens is 410 g/mol. The maximum Gasteiger partial charge on any atom is 0.419 e. The van der Waals surface area contributed by atoms with Gasteiger partial charge in [0, 0.05) is 58.7 Å². The van der Waals surface area contributed by atoms with Gasteiger partial charge in [-0.05, 0) is 30.9 Å². The maximum absolute atomic E-state index is 13.1. The Morgan fingerprint density at radius 3 is 2.60 bits per heavy atom. The number of aromatic nitrogens is 1. The molecule has 0 spiro atoms. The van der Waals surface area contributed by atoms with Gasteiger partial charge in [0.1, 0.15) is 0 Å². The van der Waals surface area contributed by atoms with Crippen LogP contribution in [-0.2, 0) is 26.6 Å². The molecule has 0 saturated carbocycles. The zero-order chi connectivity index (χ0) is 21.5. The van der Waals surface area contributed by atoms with Gasteiger partial charge in [-0.15, -0.1) is 0 Å². The van der Waals surface area contributed by atoms with Crippen molar-refractivity contribution in [3.63, 3.8) is 0 Å². The number of oxazole rings is 1. The highest BCUT2D eigenvalue weighted by atomic mass is 32.2. The number of methoxy groups -OCH3 is 1. The van der Waals surface area contributed by atoms with Gasteiger partial charge in [-0.2, -0.15) is 4.31 Å². The molecule has 10 heteroatoms. The van der Waals surface area contributed by atoms with E-state index < -0.39 is 15.8 Å². The summed E-state index contributed by atoms with van der Waals surface area (Å²) in [5, 5.41) is 0. The van der Waals surface area contributed by atoms with Crippen LogP contribution in [0.15, 0.2) is 32.3 Å². The third-order valence-electron chi connectivity index (χ3n) is 6.15. The second-order valence-corrected chi connectivity index (χ2v) is 10.2. The van der Waals surface area contributed by atoms with E-state index in [1.807, 2.05) is 4.90 Å². The molecule has 2 saturated heterocycles. The van der Waals surface area contributed by atoms with Gasteiger partial charge in [-0.3, -0.25) is 9.36 Å². The summed E-state index contributed by atoms with van der Waals surface area (Å²) in [5.41, 5.74) is 0.816. The molecule has 3 heterocycles. The predicted molar refractivity (Wildman–Crippen MR) is 110 cm³/mol. The monoisotopic (exact) mass is 437 g/mol. The molecular formula is C20H27N3O6S. The summed E-state index contributed by atoms with van der Waals surface area (Å²) in [4.78, 5) is 25.9. The number of amides is 1. The van der Waals surface area contributed by atoms with Crippen LogP contribution < -0.4 is 5.76 Å². The van der Waals surface area contributed by atoms with Crippen LogP contribution in [0.5, 0.6) is 0 Å². The van der Waals surface area contributed by atoms with Crippen molar-refractivity contribution in [1.29, 1.82) is 0 Å². The number of rotatable bonds is 6. The first-order valence-electron chi connectivity index (χ1n) is 10.2.